The molecule has 2 aromatic rings. The highest BCUT2D eigenvalue weighted by molar-refractivity contribution is 5.09. The van der Waals surface area contributed by atoms with Crippen molar-refractivity contribution in [3.63, 3.8) is 0 Å². The van der Waals surface area contributed by atoms with Crippen molar-refractivity contribution >= 4 is 0 Å². The van der Waals surface area contributed by atoms with Gasteiger partial charge in [0, 0.05) is 37.3 Å². The van der Waals surface area contributed by atoms with E-state index in [1.165, 1.54) is 0 Å². The molecule has 0 aliphatic rings. The normalized spacial score (nSPS) is 12.9. The van der Waals surface area contributed by atoms with Crippen LogP contribution in [0.25, 0.3) is 0 Å². The van der Waals surface area contributed by atoms with Crippen LogP contribution in [-0.2, 0) is 6.42 Å². The van der Waals surface area contributed by atoms with Gasteiger partial charge in [0.05, 0.1) is 17.4 Å². The van der Waals surface area contributed by atoms with Crippen molar-refractivity contribution < 1.29 is 0 Å². The van der Waals surface area contributed by atoms with Crippen molar-refractivity contribution in [1.29, 1.82) is 0 Å². The molecule has 0 radical (unpaired) electrons. The van der Waals surface area contributed by atoms with E-state index in [0.717, 1.165) is 17.8 Å². The third-order valence-corrected chi connectivity index (χ3v) is 2.89. The molecule has 5 nitrogen and oxygen atoms in total. The average Bonchev–Trinajstić information content (AvgIpc) is 2.86. The average molecular weight is 245 g/mol. The van der Waals surface area contributed by atoms with Gasteiger partial charge < -0.3 is 5.32 Å². The first-order valence-corrected chi connectivity index (χ1v) is 6.18. The molecule has 0 amide bonds. The minimum Gasteiger partial charge on any atom is -0.311 e. The van der Waals surface area contributed by atoms with Crippen molar-refractivity contribution in [3.05, 3.63) is 42.2 Å². The molecule has 0 saturated heterocycles. The highest BCUT2D eigenvalue weighted by Crippen LogP contribution is 2.14. The Bertz CT molecular complexity index is 477. The van der Waals surface area contributed by atoms with Crippen molar-refractivity contribution in [2.45, 2.75) is 32.4 Å². The van der Waals surface area contributed by atoms with Crippen LogP contribution in [0.5, 0.6) is 0 Å². The number of likely N-dealkylation sites (N-methyl/N-ethyl adjacent to an activating group) is 1. The van der Waals surface area contributed by atoms with E-state index in [9.17, 15) is 0 Å². The Balaban J connectivity index is 2.10. The lowest BCUT2D eigenvalue weighted by atomic mass is 10.1. The molecule has 2 rings (SSSR count). The molecule has 0 aliphatic heterocycles. The summed E-state index contributed by atoms with van der Waals surface area (Å²) in [5.74, 6) is 0. The Morgan fingerprint density at radius 1 is 1.33 bits per heavy atom. The highest BCUT2D eigenvalue weighted by Gasteiger charge is 2.13. The highest BCUT2D eigenvalue weighted by atomic mass is 15.3. The van der Waals surface area contributed by atoms with Crippen LogP contribution in [0.1, 0.15) is 37.3 Å². The molecular weight excluding hydrogens is 226 g/mol. The molecule has 0 bridgehead atoms. The van der Waals surface area contributed by atoms with Crippen LogP contribution in [-0.4, -0.2) is 26.8 Å². The van der Waals surface area contributed by atoms with Crippen molar-refractivity contribution in [3.8, 4) is 0 Å². The molecule has 0 fully saturated rings. The third-order valence-electron chi connectivity index (χ3n) is 2.89. The van der Waals surface area contributed by atoms with E-state index in [0.29, 0.717) is 6.04 Å². The fourth-order valence-electron chi connectivity index (χ4n) is 1.83. The summed E-state index contributed by atoms with van der Waals surface area (Å²) in [5.41, 5.74) is 2.01. The van der Waals surface area contributed by atoms with Gasteiger partial charge >= 0.3 is 0 Å². The molecule has 2 aromatic heterocycles. The van der Waals surface area contributed by atoms with Gasteiger partial charge in [-0.05, 0) is 27.0 Å². The standard InChI is InChI=1S/C13H19N5/c1-10(2)18-7-4-11(17-18)8-12(14-3)13-9-15-5-6-16-13/h4-7,9-10,12,14H,8H2,1-3H3. The van der Waals surface area contributed by atoms with Gasteiger partial charge in [-0.1, -0.05) is 0 Å². The lowest BCUT2D eigenvalue weighted by molar-refractivity contribution is 0.512. The largest absolute Gasteiger partial charge is 0.311 e. The van der Waals surface area contributed by atoms with Crippen LogP contribution in [0.4, 0.5) is 0 Å². The van der Waals surface area contributed by atoms with E-state index >= 15 is 0 Å². The van der Waals surface area contributed by atoms with E-state index in [4.69, 9.17) is 0 Å². The first-order chi connectivity index (χ1) is 8.70. The van der Waals surface area contributed by atoms with Crippen molar-refractivity contribution in [2.75, 3.05) is 7.05 Å². The quantitative estimate of drug-likeness (QED) is 0.872. The third kappa shape index (κ3) is 2.92. The zero-order chi connectivity index (χ0) is 13.0. The number of aromatic nitrogens is 4. The van der Waals surface area contributed by atoms with Crippen LogP contribution >= 0.6 is 0 Å². The summed E-state index contributed by atoms with van der Waals surface area (Å²) in [6, 6.07) is 2.60. The SMILES string of the molecule is CNC(Cc1ccn(C(C)C)n1)c1cnccn1. The summed E-state index contributed by atoms with van der Waals surface area (Å²) >= 11 is 0. The lowest BCUT2D eigenvalue weighted by Crippen LogP contribution is -2.20. The maximum Gasteiger partial charge on any atom is 0.0759 e. The van der Waals surface area contributed by atoms with Crippen LogP contribution in [0, 0.1) is 0 Å². The fourth-order valence-corrected chi connectivity index (χ4v) is 1.83. The Morgan fingerprint density at radius 3 is 2.72 bits per heavy atom. The number of rotatable bonds is 5. The smallest absolute Gasteiger partial charge is 0.0759 e. The molecule has 0 aromatic carbocycles. The van der Waals surface area contributed by atoms with E-state index in [-0.39, 0.29) is 6.04 Å². The van der Waals surface area contributed by atoms with Gasteiger partial charge in [0.25, 0.3) is 0 Å². The fraction of sp³-hybridized carbons (Fsp3) is 0.462. The predicted octanol–water partition coefficient (Wildman–Crippen LogP) is 1.76. The second kappa shape index (κ2) is 5.73. The van der Waals surface area contributed by atoms with Gasteiger partial charge in [0.1, 0.15) is 0 Å². The molecule has 1 atom stereocenters. The number of hydrogen-bond acceptors (Lipinski definition) is 4. The van der Waals surface area contributed by atoms with E-state index in [1.807, 2.05) is 17.9 Å². The van der Waals surface area contributed by atoms with Crippen LogP contribution in [0.2, 0.25) is 0 Å². The minimum absolute atomic E-state index is 0.147. The molecule has 2 heterocycles. The molecule has 1 unspecified atom stereocenters. The van der Waals surface area contributed by atoms with Gasteiger partial charge in [0.15, 0.2) is 0 Å². The topological polar surface area (TPSA) is 55.6 Å². The Labute approximate surface area is 107 Å². The van der Waals surface area contributed by atoms with E-state index in [2.05, 4.69) is 40.3 Å². The first-order valence-electron chi connectivity index (χ1n) is 6.18. The van der Waals surface area contributed by atoms with E-state index in [1.54, 1.807) is 18.6 Å². The molecule has 96 valence electrons. The predicted molar refractivity (Wildman–Crippen MR) is 70.1 cm³/mol. The Hall–Kier alpha value is -1.75. The summed E-state index contributed by atoms with van der Waals surface area (Å²) in [5, 5.41) is 7.81. The second-order valence-corrected chi connectivity index (χ2v) is 4.56. The summed E-state index contributed by atoms with van der Waals surface area (Å²) in [6.45, 7) is 4.24. The van der Waals surface area contributed by atoms with Gasteiger partial charge in [0.2, 0.25) is 0 Å². The number of nitrogens with zero attached hydrogens (tertiary/aromatic N) is 4. The van der Waals surface area contributed by atoms with Crippen LogP contribution in [0.15, 0.2) is 30.9 Å². The molecule has 1 N–H and O–H groups in total. The Kier molecular flexibility index (Phi) is 4.04. The zero-order valence-electron chi connectivity index (χ0n) is 11.0. The van der Waals surface area contributed by atoms with Crippen molar-refractivity contribution in [1.82, 2.24) is 25.1 Å². The summed E-state index contributed by atoms with van der Waals surface area (Å²) in [7, 11) is 1.93. The summed E-state index contributed by atoms with van der Waals surface area (Å²) < 4.78 is 1.97. The van der Waals surface area contributed by atoms with Gasteiger partial charge in [-0.25, -0.2) is 0 Å². The molecule has 18 heavy (non-hydrogen) atoms. The van der Waals surface area contributed by atoms with Gasteiger partial charge in [-0.15, -0.1) is 0 Å². The monoisotopic (exact) mass is 245 g/mol. The molecule has 0 spiro atoms. The zero-order valence-corrected chi connectivity index (χ0v) is 11.0. The second-order valence-electron chi connectivity index (χ2n) is 4.56. The maximum atomic E-state index is 4.55. The van der Waals surface area contributed by atoms with Crippen molar-refractivity contribution in [2.24, 2.45) is 0 Å². The molecule has 5 heteroatoms. The molecular formula is C13H19N5. The summed E-state index contributed by atoms with van der Waals surface area (Å²) in [6.07, 6.45) is 8.02. The summed E-state index contributed by atoms with van der Waals surface area (Å²) in [4.78, 5) is 8.43. The van der Waals surface area contributed by atoms with Crippen LogP contribution < -0.4 is 5.32 Å². The van der Waals surface area contributed by atoms with Gasteiger partial charge in [-0.2, -0.15) is 5.10 Å². The minimum atomic E-state index is 0.147. The first kappa shape index (κ1) is 12.7. The molecule has 0 saturated carbocycles. The lowest BCUT2D eigenvalue weighted by Gasteiger charge is -2.13. The van der Waals surface area contributed by atoms with Crippen LogP contribution in [0.3, 0.4) is 0 Å². The Morgan fingerprint density at radius 2 is 2.17 bits per heavy atom. The molecule has 0 aliphatic carbocycles. The number of hydrogen-bond donors (Lipinski definition) is 1. The van der Waals surface area contributed by atoms with E-state index < -0.39 is 0 Å². The van der Waals surface area contributed by atoms with Gasteiger partial charge in [-0.3, -0.25) is 14.6 Å². The maximum absolute atomic E-state index is 4.55. The number of nitrogens with one attached hydrogen (secondary N) is 1.